The zero-order chi connectivity index (χ0) is 13.0. The molecule has 1 N–H and O–H groups in total. The van der Waals surface area contributed by atoms with Crippen LogP contribution in [0.2, 0.25) is 0 Å². The van der Waals surface area contributed by atoms with E-state index in [9.17, 15) is 4.39 Å². The zero-order valence-electron chi connectivity index (χ0n) is 11.5. The first-order valence-corrected chi connectivity index (χ1v) is 7.16. The Bertz CT molecular complexity index is 377. The second-order valence-electron chi connectivity index (χ2n) is 5.75. The lowest BCUT2D eigenvalue weighted by atomic mass is 10.0. The van der Waals surface area contributed by atoms with Crippen LogP contribution in [0.25, 0.3) is 0 Å². The van der Waals surface area contributed by atoms with Gasteiger partial charge in [0.15, 0.2) is 0 Å². The molecule has 0 aliphatic heterocycles. The van der Waals surface area contributed by atoms with Crippen LogP contribution in [0.4, 0.5) is 4.39 Å². The second-order valence-corrected chi connectivity index (χ2v) is 5.75. The van der Waals surface area contributed by atoms with Crippen molar-refractivity contribution in [3.63, 3.8) is 0 Å². The molecule has 0 aromatic heterocycles. The summed E-state index contributed by atoms with van der Waals surface area (Å²) >= 11 is 0. The van der Waals surface area contributed by atoms with Gasteiger partial charge < -0.3 is 5.32 Å². The van der Waals surface area contributed by atoms with E-state index in [1.807, 2.05) is 6.07 Å². The zero-order valence-corrected chi connectivity index (χ0v) is 11.5. The number of hydrogen-bond acceptors (Lipinski definition) is 1. The standard InChI is InChI=1S/C16H24FN/c1-12-5-3-8-16(10-9-12)18-13(2)14-6-4-7-15(17)11-14/h4,6-7,11-13,16,18H,3,5,8-10H2,1-2H3. The van der Waals surface area contributed by atoms with Gasteiger partial charge >= 0.3 is 0 Å². The average molecular weight is 249 g/mol. The van der Waals surface area contributed by atoms with E-state index in [1.54, 1.807) is 12.1 Å². The Balaban J connectivity index is 1.92. The molecule has 0 amide bonds. The van der Waals surface area contributed by atoms with Crippen LogP contribution in [0.1, 0.15) is 57.6 Å². The predicted octanol–water partition coefficient (Wildman–Crippen LogP) is 4.45. The Morgan fingerprint density at radius 1 is 1.22 bits per heavy atom. The summed E-state index contributed by atoms with van der Waals surface area (Å²) < 4.78 is 13.2. The molecule has 2 heteroatoms. The largest absolute Gasteiger partial charge is 0.307 e. The Kier molecular flexibility index (Phi) is 4.76. The van der Waals surface area contributed by atoms with Crippen LogP contribution in [-0.4, -0.2) is 6.04 Å². The van der Waals surface area contributed by atoms with Crippen molar-refractivity contribution >= 4 is 0 Å². The van der Waals surface area contributed by atoms with E-state index in [-0.39, 0.29) is 11.9 Å². The van der Waals surface area contributed by atoms with E-state index in [2.05, 4.69) is 19.2 Å². The molecule has 100 valence electrons. The van der Waals surface area contributed by atoms with Crippen molar-refractivity contribution in [1.29, 1.82) is 0 Å². The van der Waals surface area contributed by atoms with Gasteiger partial charge in [0, 0.05) is 12.1 Å². The highest BCUT2D eigenvalue weighted by molar-refractivity contribution is 5.19. The summed E-state index contributed by atoms with van der Waals surface area (Å²) in [5, 5.41) is 3.66. The summed E-state index contributed by atoms with van der Waals surface area (Å²) in [6.07, 6.45) is 6.49. The molecule has 1 fully saturated rings. The predicted molar refractivity (Wildman–Crippen MR) is 74.0 cm³/mol. The van der Waals surface area contributed by atoms with Crippen LogP contribution in [0.3, 0.4) is 0 Å². The third kappa shape index (κ3) is 3.81. The van der Waals surface area contributed by atoms with Gasteiger partial charge in [-0.15, -0.1) is 0 Å². The molecule has 0 saturated heterocycles. The van der Waals surface area contributed by atoms with Crippen LogP contribution in [0, 0.1) is 11.7 Å². The van der Waals surface area contributed by atoms with Gasteiger partial charge in [-0.1, -0.05) is 31.9 Å². The molecule has 1 aromatic carbocycles. The van der Waals surface area contributed by atoms with Crippen molar-refractivity contribution in [3.05, 3.63) is 35.6 Å². The van der Waals surface area contributed by atoms with Crippen molar-refractivity contribution < 1.29 is 4.39 Å². The highest BCUT2D eigenvalue weighted by Crippen LogP contribution is 2.24. The van der Waals surface area contributed by atoms with Gasteiger partial charge in [0.25, 0.3) is 0 Å². The molecule has 18 heavy (non-hydrogen) atoms. The first kappa shape index (κ1) is 13.5. The summed E-state index contributed by atoms with van der Waals surface area (Å²) in [7, 11) is 0. The molecule has 3 atom stereocenters. The number of benzene rings is 1. The molecule has 1 aliphatic carbocycles. The van der Waals surface area contributed by atoms with Crippen molar-refractivity contribution in [2.24, 2.45) is 5.92 Å². The van der Waals surface area contributed by atoms with Gasteiger partial charge in [-0.3, -0.25) is 0 Å². The minimum absolute atomic E-state index is 0.143. The molecule has 1 aliphatic rings. The van der Waals surface area contributed by atoms with Gasteiger partial charge in [0.1, 0.15) is 5.82 Å². The summed E-state index contributed by atoms with van der Waals surface area (Å²) in [5.74, 6) is 0.719. The monoisotopic (exact) mass is 249 g/mol. The van der Waals surface area contributed by atoms with E-state index in [0.29, 0.717) is 6.04 Å². The molecule has 1 saturated carbocycles. The van der Waals surface area contributed by atoms with Crippen molar-refractivity contribution in [3.8, 4) is 0 Å². The first-order valence-electron chi connectivity index (χ1n) is 7.16. The van der Waals surface area contributed by atoms with E-state index < -0.39 is 0 Å². The third-order valence-electron chi connectivity index (χ3n) is 4.09. The topological polar surface area (TPSA) is 12.0 Å². The number of rotatable bonds is 3. The average Bonchev–Trinajstić information content (AvgIpc) is 2.54. The fraction of sp³-hybridized carbons (Fsp3) is 0.625. The van der Waals surface area contributed by atoms with Crippen molar-refractivity contribution in [2.75, 3.05) is 0 Å². The Morgan fingerprint density at radius 2 is 2.06 bits per heavy atom. The maximum absolute atomic E-state index is 13.2. The normalized spacial score (nSPS) is 26.6. The van der Waals surface area contributed by atoms with Crippen molar-refractivity contribution in [1.82, 2.24) is 5.32 Å². The van der Waals surface area contributed by atoms with Crippen LogP contribution >= 0.6 is 0 Å². The summed E-state index contributed by atoms with van der Waals surface area (Å²) in [6.45, 7) is 4.47. The van der Waals surface area contributed by atoms with E-state index in [1.165, 1.54) is 38.2 Å². The van der Waals surface area contributed by atoms with Gasteiger partial charge in [-0.2, -0.15) is 0 Å². The fourth-order valence-corrected chi connectivity index (χ4v) is 2.88. The lowest BCUT2D eigenvalue weighted by molar-refractivity contribution is 0.407. The summed E-state index contributed by atoms with van der Waals surface area (Å²) in [4.78, 5) is 0. The van der Waals surface area contributed by atoms with Crippen LogP contribution in [0.5, 0.6) is 0 Å². The quantitative estimate of drug-likeness (QED) is 0.781. The fourth-order valence-electron chi connectivity index (χ4n) is 2.88. The first-order chi connectivity index (χ1) is 8.65. The SMILES string of the molecule is CC1CCCC(NC(C)c2cccc(F)c2)CC1. The molecular formula is C16H24FN. The van der Waals surface area contributed by atoms with Crippen molar-refractivity contribution in [2.45, 2.75) is 58.0 Å². The van der Waals surface area contributed by atoms with E-state index in [4.69, 9.17) is 0 Å². The van der Waals surface area contributed by atoms with E-state index >= 15 is 0 Å². The molecule has 3 unspecified atom stereocenters. The highest BCUT2D eigenvalue weighted by atomic mass is 19.1. The minimum atomic E-state index is -0.143. The molecule has 0 radical (unpaired) electrons. The van der Waals surface area contributed by atoms with Crippen LogP contribution < -0.4 is 5.32 Å². The van der Waals surface area contributed by atoms with Gasteiger partial charge in [-0.05, 0) is 49.8 Å². The highest BCUT2D eigenvalue weighted by Gasteiger charge is 2.18. The number of halogens is 1. The minimum Gasteiger partial charge on any atom is -0.307 e. The number of hydrogen-bond donors (Lipinski definition) is 1. The maximum Gasteiger partial charge on any atom is 0.123 e. The van der Waals surface area contributed by atoms with Crippen LogP contribution in [-0.2, 0) is 0 Å². The molecular weight excluding hydrogens is 225 g/mol. The van der Waals surface area contributed by atoms with E-state index in [0.717, 1.165) is 11.5 Å². The third-order valence-corrected chi connectivity index (χ3v) is 4.09. The van der Waals surface area contributed by atoms with Gasteiger partial charge in [0.05, 0.1) is 0 Å². The number of nitrogens with one attached hydrogen (secondary N) is 1. The lowest BCUT2D eigenvalue weighted by Gasteiger charge is -2.22. The molecule has 0 spiro atoms. The summed E-state index contributed by atoms with van der Waals surface area (Å²) in [5.41, 5.74) is 1.05. The maximum atomic E-state index is 13.2. The molecule has 1 nitrogen and oxygen atoms in total. The smallest absolute Gasteiger partial charge is 0.123 e. The second kappa shape index (κ2) is 6.33. The molecule has 0 bridgehead atoms. The van der Waals surface area contributed by atoms with Crippen LogP contribution in [0.15, 0.2) is 24.3 Å². The Hall–Kier alpha value is -0.890. The Labute approximate surface area is 110 Å². The molecule has 0 heterocycles. The van der Waals surface area contributed by atoms with Gasteiger partial charge in [0.2, 0.25) is 0 Å². The summed E-state index contributed by atoms with van der Waals surface area (Å²) in [6, 6.07) is 7.76. The molecule has 1 aromatic rings. The van der Waals surface area contributed by atoms with Gasteiger partial charge in [-0.25, -0.2) is 4.39 Å². The lowest BCUT2D eigenvalue weighted by Crippen LogP contribution is -2.31. The molecule has 2 rings (SSSR count). The Morgan fingerprint density at radius 3 is 2.83 bits per heavy atom.